The van der Waals surface area contributed by atoms with Crippen LogP contribution >= 0.6 is 0 Å². The fourth-order valence-corrected chi connectivity index (χ4v) is 2.10. The van der Waals surface area contributed by atoms with Gasteiger partial charge in [-0.3, -0.25) is 4.90 Å². The Bertz CT molecular complexity index is 248. The zero-order valence-electron chi connectivity index (χ0n) is 11.1. The maximum Gasteiger partial charge on any atom is 0.0349 e. The second-order valence-corrected chi connectivity index (χ2v) is 6.33. The Morgan fingerprint density at radius 1 is 1.40 bits per heavy atom. The predicted octanol–water partition coefficient (Wildman–Crippen LogP) is 2.41. The van der Waals surface area contributed by atoms with Crippen LogP contribution in [0.1, 0.15) is 41.5 Å². The zero-order valence-corrected chi connectivity index (χ0v) is 11.1. The van der Waals surface area contributed by atoms with Crippen molar-refractivity contribution in [1.29, 1.82) is 0 Å². The van der Waals surface area contributed by atoms with Crippen molar-refractivity contribution in [2.45, 2.75) is 58.7 Å². The lowest BCUT2D eigenvalue weighted by atomic mass is 9.94. The van der Waals surface area contributed by atoms with E-state index in [2.05, 4.69) is 58.3 Å². The number of hydrogen-bond donors (Lipinski definition) is 1. The molecule has 2 heteroatoms. The Morgan fingerprint density at radius 3 is 2.40 bits per heavy atom. The normalized spacial score (nSPS) is 28.9. The molecule has 1 fully saturated rings. The van der Waals surface area contributed by atoms with E-state index in [1.165, 1.54) is 5.57 Å². The second-order valence-electron chi connectivity index (χ2n) is 6.33. The molecule has 0 aromatic heterocycles. The van der Waals surface area contributed by atoms with Crippen LogP contribution in [0.5, 0.6) is 0 Å². The molecular weight excluding hydrogens is 184 g/mol. The molecule has 1 rings (SSSR count). The van der Waals surface area contributed by atoms with Crippen LogP contribution in [0.15, 0.2) is 12.2 Å². The Hall–Kier alpha value is -0.340. The Balaban J connectivity index is 2.87. The van der Waals surface area contributed by atoms with Crippen molar-refractivity contribution in [2.75, 3.05) is 13.1 Å². The first kappa shape index (κ1) is 12.7. The van der Waals surface area contributed by atoms with Gasteiger partial charge in [0.1, 0.15) is 0 Å². The summed E-state index contributed by atoms with van der Waals surface area (Å²) >= 11 is 0. The van der Waals surface area contributed by atoms with Gasteiger partial charge in [0.2, 0.25) is 0 Å². The predicted molar refractivity (Wildman–Crippen MR) is 67.1 cm³/mol. The molecule has 0 aromatic carbocycles. The molecule has 1 aliphatic rings. The van der Waals surface area contributed by atoms with Gasteiger partial charge in [0.05, 0.1) is 0 Å². The van der Waals surface area contributed by atoms with Crippen LogP contribution in [0.25, 0.3) is 0 Å². The van der Waals surface area contributed by atoms with Gasteiger partial charge in [-0.15, -0.1) is 0 Å². The third kappa shape index (κ3) is 3.05. The minimum atomic E-state index is 0.0550. The van der Waals surface area contributed by atoms with Crippen LogP contribution in [0.2, 0.25) is 0 Å². The third-order valence-corrected chi connectivity index (χ3v) is 3.32. The average Bonchev–Trinajstić information content (AvgIpc) is 2.07. The molecule has 1 saturated heterocycles. The number of hydrogen-bond acceptors (Lipinski definition) is 2. The van der Waals surface area contributed by atoms with E-state index in [0.29, 0.717) is 6.04 Å². The lowest BCUT2D eigenvalue weighted by Crippen LogP contribution is -2.47. The van der Waals surface area contributed by atoms with E-state index in [1.807, 2.05) is 0 Å². The summed E-state index contributed by atoms with van der Waals surface area (Å²) in [5.41, 5.74) is 1.56. The quantitative estimate of drug-likeness (QED) is 0.618. The average molecular weight is 210 g/mol. The van der Waals surface area contributed by atoms with Crippen LogP contribution in [0, 0.1) is 0 Å². The van der Waals surface area contributed by atoms with Crippen LogP contribution in [-0.4, -0.2) is 35.1 Å². The number of nitrogens with one attached hydrogen (secondary N) is 1. The molecule has 0 aromatic rings. The van der Waals surface area contributed by atoms with E-state index < -0.39 is 0 Å². The molecule has 0 spiro atoms. The van der Waals surface area contributed by atoms with Crippen molar-refractivity contribution in [3.8, 4) is 0 Å². The van der Waals surface area contributed by atoms with Crippen molar-refractivity contribution >= 4 is 0 Å². The molecule has 0 radical (unpaired) electrons. The molecular formula is C13H26N2. The summed E-state index contributed by atoms with van der Waals surface area (Å²) in [7, 11) is 0. The fourth-order valence-electron chi connectivity index (χ4n) is 2.10. The van der Waals surface area contributed by atoms with E-state index in [9.17, 15) is 0 Å². The van der Waals surface area contributed by atoms with Gasteiger partial charge in [0, 0.05) is 30.2 Å². The van der Waals surface area contributed by atoms with Gasteiger partial charge >= 0.3 is 0 Å². The highest BCUT2D eigenvalue weighted by Gasteiger charge is 2.33. The molecule has 1 N–H and O–H groups in total. The molecule has 88 valence electrons. The van der Waals surface area contributed by atoms with Crippen molar-refractivity contribution in [3.63, 3.8) is 0 Å². The number of rotatable bonds is 0. The van der Waals surface area contributed by atoms with Gasteiger partial charge in [-0.2, -0.15) is 0 Å². The van der Waals surface area contributed by atoms with Crippen LogP contribution in [0.4, 0.5) is 0 Å². The Morgan fingerprint density at radius 2 is 1.93 bits per heavy atom. The summed E-state index contributed by atoms with van der Waals surface area (Å²) in [6.07, 6.45) is 0. The summed E-state index contributed by atoms with van der Waals surface area (Å²) in [5, 5.41) is 3.63. The highest BCUT2D eigenvalue weighted by atomic mass is 15.2. The highest BCUT2D eigenvalue weighted by Crippen LogP contribution is 2.24. The van der Waals surface area contributed by atoms with E-state index in [4.69, 9.17) is 0 Å². The third-order valence-electron chi connectivity index (χ3n) is 3.32. The van der Waals surface area contributed by atoms with Gasteiger partial charge in [0.25, 0.3) is 0 Å². The standard InChI is InChI=1S/C13H26N2/c1-10-8-15(12(3,4)5)9-11(2)14-13(10,6)7/h11,14H,1,8-9H2,2-7H3. The smallest absolute Gasteiger partial charge is 0.0349 e. The molecule has 0 amide bonds. The molecule has 1 heterocycles. The Kier molecular flexibility index (Phi) is 3.32. The highest BCUT2D eigenvalue weighted by molar-refractivity contribution is 5.18. The summed E-state index contributed by atoms with van der Waals surface area (Å²) < 4.78 is 0. The molecule has 0 aliphatic carbocycles. The van der Waals surface area contributed by atoms with E-state index in [1.54, 1.807) is 0 Å². The Labute approximate surface area is 94.7 Å². The molecule has 2 nitrogen and oxygen atoms in total. The zero-order chi connectivity index (χ0) is 11.9. The van der Waals surface area contributed by atoms with Crippen LogP contribution < -0.4 is 5.32 Å². The van der Waals surface area contributed by atoms with E-state index >= 15 is 0 Å². The maximum atomic E-state index is 4.22. The summed E-state index contributed by atoms with van der Waals surface area (Å²) in [5.74, 6) is 0. The lowest BCUT2D eigenvalue weighted by molar-refractivity contribution is 0.146. The van der Waals surface area contributed by atoms with Gasteiger partial charge < -0.3 is 5.32 Å². The minimum absolute atomic E-state index is 0.0550. The second kappa shape index (κ2) is 3.91. The summed E-state index contributed by atoms with van der Waals surface area (Å²) in [6.45, 7) is 19.8. The van der Waals surface area contributed by atoms with Crippen molar-refractivity contribution in [3.05, 3.63) is 12.2 Å². The van der Waals surface area contributed by atoms with Crippen molar-refractivity contribution in [1.82, 2.24) is 10.2 Å². The minimum Gasteiger partial charge on any atom is -0.304 e. The van der Waals surface area contributed by atoms with E-state index in [0.717, 1.165) is 13.1 Å². The molecule has 1 unspecified atom stereocenters. The summed E-state index contributed by atoms with van der Waals surface area (Å²) in [4.78, 5) is 2.50. The van der Waals surface area contributed by atoms with Crippen molar-refractivity contribution < 1.29 is 0 Å². The topological polar surface area (TPSA) is 15.3 Å². The molecule has 1 aliphatic heterocycles. The largest absolute Gasteiger partial charge is 0.304 e. The van der Waals surface area contributed by atoms with Gasteiger partial charge in [-0.25, -0.2) is 0 Å². The first-order valence-electron chi connectivity index (χ1n) is 5.84. The maximum absolute atomic E-state index is 4.22. The lowest BCUT2D eigenvalue weighted by Gasteiger charge is -2.36. The first-order valence-corrected chi connectivity index (χ1v) is 5.84. The SMILES string of the molecule is C=C1CN(C(C)(C)C)CC(C)NC1(C)C. The van der Waals surface area contributed by atoms with Crippen molar-refractivity contribution in [2.24, 2.45) is 0 Å². The van der Waals surface area contributed by atoms with Crippen LogP contribution in [0.3, 0.4) is 0 Å². The fraction of sp³-hybridized carbons (Fsp3) is 0.846. The number of nitrogens with zero attached hydrogens (tertiary/aromatic N) is 1. The van der Waals surface area contributed by atoms with Gasteiger partial charge in [-0.1, -0.05) is 6.58 Å². The molecule has 0 bridgehead atoms. The van der Waals surface area contributed by atoms with E-state index in [-0.39, 0.29) is 11.1 Å². The summed E-state index contributed by atoms with van der Waals surface area (Å²) in [6, 6.07) is 0.512. The van der Waals surface area contributed by atoms with Crippen LogP contribution in [-0.2, 0) is 0 Å². The monoisotopic (exact) mass is 210 g/mol. The van der Waals surface area contributed by atoms with Gasteiger partial charge in [0.15, 0.2) is 0 Å². The first-order chi connectivity index (χ1) is 6.63. The molecule has 1 atom stereocenters. The molecule has 0 saturated carbocycles. The molecule has 15 heavy (non-hydrogen) atoms. The van der Waals surface area contributed by atoms with Gasteiger partial charge in [-0.05, 0) is 47.1 Å².